The van der Waals surface area contributed by atoms with E-state index >= 15 is 0 Å². The molecular weight excluding hydrogens is 802 g/mol. The van der Waals surface area contributed by atoms with Gasteiger partial charge in [-0.15, -0.1) is 0 Å². The largest absolute Gasteiger partial charge is 0.490 e. The van der Waals surface area contributed by atoms with Gasteiger partial charge in [0.15, 0.2) is 23.9 Å². The summed E-state index contributed by atoms with van der Waals surface area (Å²) < 4.78 is 72.7. The highest BCUT2D eigenvalue weighted by Gasteiger charge is 2.47. The molecule has 0 radical (unpaired) electrons. The maximum atomic E-state index is 11.8. The lowest BCUT2D eigenvalue weighted by atomic mass is 10.1. The van der Waals surface area contributed by atoms with E-state index in [1.165, 1.54) is 10.9 Å². The Morgan fingerprint density at radius 3 is 1.85 bits per heavy atom. The molecule has 33 heteroatoms. The van der Waals surface area contributed by atoms with Crippen LogP contribution in [0.4, 0.5) is 5.82 Å². The average Bonchev–Trinajstić information content (AvgIpc) is 3.64. The Kier molecular flexibility index (Phi) is 12.9. The number of rotatable bonds is 12. The van der Waals surface area contributed by atoms with Crippen molar-refractivity contribution in [3.8, 4) is 0 Å². The third-order valence-corrected chi connectivity index (χ3v) is 11.0. The lowest BCUT2D eigenvalue weighted by molar-refractivity contribution is -0.0543. The van der Waals surface area contributed by atoms with Crippen LogP contribution in [0, 0.1) is 0 Å². The molecule has 29 nitrogen and oxygen atoms in total. The molecule has 52 heavy (non-hydrogen) atoms. The second-order valence-electron chi connectivity index (χ2n) is 10.4. The first-order chi connectivity index (χ1) is 23.9. The number of hydrogen-bond acceptors (Lipinski definition) is 20. The zero-order valence-corrected chi connectivity index (χ0v) is 28.9. The monoisotopic (exact) mass is 831 g/mol. The van der Waals surface area contributed by atoms with Crippen LogP contribution in [0.2, 0.25) is 0 Å². The number of phosphoric ester groups is 2. The summed E-state index contributed by atoms with van der Waals surface area (Å²) in [6.45, 7) is -1.64. The van der Waals surface area contributed by atoms with Crippen LogP contribution in [-0.4, -0.2) is 129 Å². The van der Waals surface area contributed by atoms with Gasteiger partial charge in [-0.1, -0.05) is 0 Å². The van der Waals surface area contributed by atoms with Gasteiger partial charge in [-0.25, -0.2) is 38.0 Å². The maximum absolute atomic E-state index is 11.8. The van der Waals surface area contributed by atoms with Gasteiger partial charge in [0.05, 0.1) is 19.5 Å². The van der Waals surface area contributed by atoms with E-state index in [1.54, 1.807) is 0 Å². The Labute approximate surface area is 286 Å². The molecule has 0 saturated carbocycles. The van der Waals surface area contributed by atoms with Crippen LogP contribution in [-0.2, 0) is 45.4 Å². The molecule has 0 amide bonds. The van der Waals surface area contributed by atoms with E-state index < -0.39 is 105 Å². The van der Waals surface area contributed by atoms with Crippen molar-refractivity contribution < 1.29 is 95.2 Å². The predicted molar refractivity (Wildman–Crippen MR) is 161 cm³/mol. The highest BCUT2D eigenvalue weighted by Crippen LogP contribution is 2.66. The number of aromatic nitrogens is 6. The summed E-state index contributed by atoms with van der Waals surface area (Å²) in [4.78, 5) is 88.9. The molecule has 5 heterocycles. The van der Waals surface area contributed by atoms with Crippen molar-refractivity contribution in [1.82, 2.24) is 29.1 Å². The number of aliphatic hydroxyl groups excluding tert-OH is 4. The molecule has 0 aliphatic carbocycles. The van der Waals surface area contributed by atoms with Gasteiger partial charge >= 0.3 is 37.0 Å². The lowest BCUT2D eigenvalue weighted by Crippen LogP contribution is -2.37. The molecule has 10 atom stereocenters. The highest BCUT2D eigenvalue weighted by molar-refractivity contribution is 7.66. The van der Waals surface area contributed by atoms with Crippen LogP contribution >= 0.6 is 31.3 Å². The van der Waals surface area contributed by atoms with Gasteiger partial charge in [-0.05, 0) is 0 Å². The first kappa shape index (κ1) is 42.1. The SMILES string of the molecule is Nc1ncnc2c1ncn2[C@@H]1O[C@H](COP(=O)(O)OP(=O)(O)OP(=O)(O)O)[C@@H](O)[C@H]1O.O=c1ccn([C@@H]2O[C@H](COP(=O)(O)O)[C@@H](O)[C@H]2O)c(=O)[nH]1. The van der Waals surface area contributed by atoms with Crippen molar-refractivity contribution in [2.45, 2.75) is 49.1 Å². The van der Waals surface area contributed by atoms with E-state index in [4.69, 9.17) is 39.7 Å². The number of nitrogens with one attached hydrogen (secondary N) is 1. The van der Waals surface area contributed by atoms with Crippen molar-refractivity contribution in [1.29, 1.82) is 0 Å². The molecule has 292 valence electrons. The molecule has 0 spiro atoms. The molecule has 0 bridgehead atoms. The van der Waals surface area contributed by atoms with E-state index in [2.05, 4.69) is 32.6 Å². The van der Waals surface area contributed by atoms with Crippen LogP contribution in [0.25, 0.3) is 11.2 Å². The number of nitrogens with zero attached hydrogens (tertiary/aromatic N) is 5. The van der Waals surface area contributed by atoms with E-state index in [0.717, 1.165) is 23.2 Å². The fourth-order valence-electron chi connectivity index (χ4n) is 4.52. The van der Waals surface area contributed by atoms with Gasteiger partial charge < -0.3 is 65.0 Å². The van der Waals surface area contributed by atoms with Crippen LogP contribution in [0.15, 0.2) is 34.5 Å². The summed E-state index contributed by atoms with van der Waals surface area (Å²) in [6, 6.07) is 1.02. The number of aliphatic hydroxyl groups is 4. The average molecular weight is 831 g/mol. The minimum absolute atomic E-state index is 0.0426. The minimum atomic E-state index is -5.70. The molecule has 2 fully saturated rings. The second kappa shape index (κ2) is 16.0. The summed E-state index contributed by atoms with van der Waals surface area (Å²) in [5, 5.41) is 40.0. The Morgan fingerprint density at radius 1 is 0.750 bits per heavy atom. The Morgan fingerprint density at radius 2 is 1.31 bits per heavy atom. The predicted octanol–water partition coefficient (Wildman–Crippen LogP) is -4.36. The first-order valence-electron chi connectivity index (χ1n) is 13.6. The summed E-state index contributed by atoms with van der Waals surface area (Å²) in [5.74, 6) is 0.0426. The van der Waals surface area contributed by atoms with Crippen molar-refractivity contribution in [3.63, 3.8) is 0 Å². The van der Waals surface area contributed by atoms with E-state index in [-0.39, 0.29) is 17.0 Å². The zero-order chi connectivity index (χ0) is 39.0. The van der Waals surface area contributed by atoms with Crippen LogP contribution in [0.3, 0.4) is 0 Å². The lowest BCUT2D eigenvalue weighted by Gasteiger charge is -2.19. The van der Waals surface area contributed by atoms with Crippen molar-refractivity contribution in [2.75, 3.05) is 18.9 Å². The van der Waals surface area contributed by atoms with Gasteiger partial charge in [0.25, 0.3) is 5.56 Å². The zero-order valence-electron chi connectivity index (χ0n) is 25.3. The highest BCUT2D eigenvalue weighted by atomic mass is 31.3. The number of phosphoric acid groups is 4. The number of hydrogen-bond donors (Lipinski definition) is 12. The summed E-state index contributed by atoms with van der Waals surface area (Å²) in [7, 11) is -21.4. The number of H-pyrrole nitrogens is 1. The minimum Gasteiger partial charge on any atom is -0.387 e. The number of ether oxygens (including phenoxy) is 2. The van der Waals surface area contributed by atoms with Gasteiger partial charge in [0.2, 0.25) is 0 Å². The number of imidazole rings is 1. The molecule has 2 aliphatic heterocycles. The third kappa shape index (κ3) is 10.7. The molecule has 5 rings (SSSR count). The van der Waals surface area contributed by atoms with Gasteiger partial charge in [0, 0.05) is 12.3 Å². The van der Waals surface area contributed by atoms with E-state index in [9.17, 15) is 53.2 Å². The first-order valence-corrected chi connectivity index (χ1v) is 19.7. The second-order valence-corrected chi connectivity index (χ2v) is 16.0. The van der Waals surface area contributed by atoms with Crippen molar-refractivity contribution >= 4 is 48.3 Å². The molecule has 2 unspecified atom stereocenters. The van der Waals surface area contributed by atoms with Gasteiger partial charge in [0.1, 0.15) is 48.5 Å². The molecule has 13 N–H and O–H groups in total. The Hall–Kier alpha value is -2.69. The fourth-order valence-corrected chi connectivity index (χ4v) is 7.89. The van der Waals surface area contributed by atoms with Crippen LogP contribution < -0.4 is 17.0 Å². The topological polar surface area (TPSA) is 450 Å². The molecule has 2 saturated heterocycles. The number of fused-ring (bicyclic) bond motifs is 1. The molecule has 0 aromatic carbocycles. The van der Waals surface area contributed by atoms with Gasteiger partial charge in [-0.3, -0.25) is 28.0 Å². The quantitative estimate of drug-likeness (QED) is 0.0767. The van der Waals surface area contributed by atoms with Crippen molar-refractivity contribution in [3.05, 3.63) is 45.8 Å². The van der Waals surface area contributed by atoms with E-state index in [0.29, 0.717) is 0 Å². The fraction of sp³-hybridized carbons (Fsp3) is 0.526. The number of anilines is 1. The molecule has 2 aliphatic rings. The van der Waals surface area contributed by atoms with Crippen LogP contribution in [0.5, 0.6) is 0 Å². The summed E-state index contributed by atoms with van der Waals surface area (Å²) >= 11 is 0. The Bertz CT molecular complexity index is 2050. The van der Waals surface area contributed by atoms with Gasteiger partial charge in [-0.2, -0.15) is 8.62 Å². The van der Waals surface area contributed by atoms with Crippen LogP contribution in [0.1, 0.15) is 12.5 Å². The number of nitrogen functional groups attached to an aromatic ring is 1. The normalized spacial score (nSPS) is 29.0. The summed E-state index contributed by atoms with van der Waals surface area (Å²) in [6.07, 6.45) is -8.27. The standard InChI is InChI=1S/C10H16N5O13P3.C9H13N2O9P/c11-8-5-9(13-2-12-8)15(3-14-5)10-7(17)6(16)4(26-10)1-25-30(21,22)28-31(23,24)27-29(18,19)20;12-5-1-2-11(9(15)10-5)8-7(14)6(13)4(20-8)3-19-21(16,17)18/h2-4,6-7,10,16-17H,1H2,(H,21,22)(H,23,24)(H2,11,12,13)(H2,18,19,20);1-2,4,6-8,13-14H,3H2,(H,10,12,15)(H2,16,17,18)/t4-,6-,7-,10-;4-,6-,7-,8-/m11/s1. The molecular formula is C19H29N7O22P4. The Balaban J connectivity index is 0.000000251. The summed E-state index contributed by atoms with van der Waals surface area (Å²) in [5.41, 5.74) is 4.49. The molecule has 3 aromatic rings. The van der Waals surface area contributed by atoms with Crippen molar-refractivity contribution in [2.24, 2.45) is 0 Å². The number of aromatic amines is 1. The smallest absolute Gasteiger partial charge is 0.387 e. The number of nitrogens with two attached hydrogens (primary N) is 1. The molecule has 3 aromatic heterocycles. The van der Waals surface area contributed by atoms with E-state index in [1.807, 2.05) is 4.98 Å². The third-order valence-electron chi connectivity index (χ3n) is 6.69. The maximum Gasteiger partial charge on any atom is 0.490 e.